The zero-order valence-corrected chi connectivity index (χ0v) is 32.1. The molecule has 51 heavy (non-hydrogen) atoms. The molecule has 8 aliphatic heterocycles. The number of ether oxygens (including phenoxy) is 4. The van der Waals surface area contributed by atoms with Crippen molar-refractivity contribution in [3.05, 3.63) is 0 Å². The molecular formula is C41H65NO9. The molecule has 1 N–H and O–H groups in total. The van der Waals surface area contributed by atoms with E-state index in [4.69, 9.17) is 38.5 Å². The molecule has 288 valence electrons. The van der Waals surface area contributed by atoms with Gasteiger partial charge in [0, 0.05) is 37.1 Å². The van der Waals surface area contributed by atoms with Gasteiger partial charge in [0.05, 0.1) is 12.2 Å². The summed E-state index contributed by atoms with van der Waals surface area (Å²) in [4.78, 5) is 39.6. The number of hydrogen-bond donors (Lipinski definition) is 1. The van der Waals surface area contributed by atoms with Crippen LogP contribution in [0, 0.1) is 59.2 Å². The SMILES string of the molecule is C[C@H]1[C@@H](CC(C[C@H]2O[C@@H]3O[C@]4(C)CC[C@H]5[C@H](C)CC[C@@H]([C@H]2C)[C@@]35OO4)C(=O)NCC2CCCCC2)O[C@@H]2O[C@]3(C)CC[C@H]4[C@H](C)CC[C@@H]1[C@@]24OO3. The van der Waals surface area contributed by atoms with Crippen molar-refractivity contribution >= 4 is 5.91 Å². The number of hydrogen-bond acceptors (Lipinski definition) is 9. The Morgan fingerprint density at radius 2 is 1.12 bits per heavy atom. The topological polar surface area (TPSA) is 103 Å². The van der Waals surface area contributed by atoms with E-state index >= 15 is 0 Å². The third-order valence-corrected chi connectivity index (χ3v) is 16.3. The van der Waals surface area contributed by atoms with Crippen molar-refractivity contribution in [2.45, 2.75) is 185 Å². The van der Waals surface area contributed by atoms with E-state index < -0.39 is 35.4 Å². The molecule has 3 aliphatic carbocycles. The van der Waals surface area contributed by atoms with Crippen LogP contribution in [0.1, 0.15) is 138 Å². The highest BCUT2D eigenvalue weighted by molar-refractivity contribution is 5.78. The molecule has 3 saturated carbocycles. The maximum atomic E-state index is 14.5. The monoisotopic (exact) mass is 715 g/mol. The number of amides is 1. The lowest BCUT2D eigenvalue weighted by atomic mass is 9.56. The van der Waals surface area contributed by atoms with E-state index in [1.807, 2.05) is 13.8 Å². The summed E-state index contributed by atoms with van der Waals surface area (Å²) in [5.74, 6) is 1.24. The van der Waals surface area contributed by atoms with Gasteiger partial charge in [-0.05, 0) is 119 Å². The summed E-state index contributed by atoms with van der Waals surface area (Å²) in [6.45, 7) is 14.0. The number of fused-ring (bicyclic) bond motifs is 4. The first-order valence-electron chi connectivity index (χ1n) is 21.1. The van der Waals surface area contributed by atoms with Crippen LogP contribution in [0.25, 0.3) is 0 Å². The first-order valence-corrected chi connectivity index (χ1v) is 21.1. The predicted octanol–water partition coefficient (Wildman–Crippen LogP) is 7.58. The van der Waals surface area contributed by atoms with Crippen molar-refractivity contribution in [3.63, 3.8) is 0 Å². The molecule has 8 heterocycles. The molecule has 0 aromatic rings. The van der Waals surface area contributed by atoms with E-state index in [1.54, 1.807) is 0 Å². The summed E-state index contributed by atoms with van der Waals surface area (Å²) in [7, 11) is 0. The molecule has 8 saturated heterocycles. The van der Waals surface area contributed by atoms with Crippen LogP contribution in [0.2, 0.25) is 0 Å². The fourth-order valence-corrected chi connectivity index (χ4v) is 13.1. The molecular weight excluding hydrogens is 650 g/mol. The third-order valence-electron chi connectivity index (χ3n) is 16.3. The first kappa shape index (κ1) is 35.8. The van der Waals surface area contributed by atoms with E-state index in [-0.39, 0.29) is 47.7 Å². The quantitative estimate of drug-likeness (QED) is 0.267. The zero-order valence-electron chi connectivity index (χ0n) is 32.1. The van der Waals surface area contributed by atoms with Gasteiger partial charge in [-0.25, -0.2) is 19.6 Å². The van der Waals surface area contributed by atoms with Crippen LogP contribution in [0.5, 0.6) is 0 Å². The van der Waals surface area contributed by atoms with Gasteiger partial charge in [0.1, 0.15) is 0 Å². The molecule has 4 bridgehead atoms. The Kier molecular flexibility index (Phi) is 9.23. The normalized spacial score (nSPS) is 54.1. The molecule has 11 rings (SSSR count). The Morgan fingerprint density at radius 1 is 0.627 bits per heavy atom. The lowest BCUT2D eigenvalue weighted by Gasteiger charge is -2.61. The third kappa shape index (κ3) is 5.73. The average Bonchev–Trinajstić information content (AvgIpc) is 3.49. The minimum atomic E-state index is -0.823. The van der Waals surface area contributed by atoms with Gasteiger partial charge in [0.2, 0.25) is 17.5 Å². The van der Waals surface area contributed by atoms with Crippen LogP contribution in [-0.2, 0) is 43.3 Å². The van der Waals surface area contributed by atoms with Crippen molar-refractivity contribution in [3.8, 4) is 0 Å². The van der Waals surface area contributed by atoms with E-state index in [9.17, 15) is 4.79 Å². The highest BCUT2D eigenvalue weighted by Crippen LogP contribution is 2.63. The molecule has 1 amide bonds. The maximum absolute atomic E-state index is 14.5. The molecule has 10 heteroatoms. The van der Waals surface area contributed by atoms with Crippen molar-refractivity contribution in [2.24, 2.45) is 59.2 Å². The van der Waals surface area contributed by atoms with Crippen molar-refractivity contribution in [1.29, 1.82) is 0 Å². The van der Waals surface area contributed by atoms with Gasteiger partial charge in [-0.3, -0.25) is 4.79 Å². The van der Waals surface area contributed by atoms with E-state index in [0.29, 0.717) is 42.4 Å². The predicted molar refractivity (Wildman–Crippen MR) is 186 cm³/mol. The molecule has 16 atom stereocenters. The van der Waals surface area contributed by atoms with Gasteiger partial charge in [-0.1, -0.05) is 47.0 Å². The summed E-state index contributed by atoms with van der Waals surface area (Å²) in [5.41, 5.74) is -1.22. The van der Waals surface area contributed by atoms with Crippen LogP contribution < -0.4 is 5.32 Å². The molecule has 10 nitrogen and oxygen atoms in total. The summed E-state index contributed by atoms with van der Waals surface area (Å²) in [6.07, 6.45) is 14.1. The summed E-state index contributed by atoms with van der Waals surface area (Å²) < 4.78 is 27.6. The second-order valence-corrected chi connectivity index (χ2v) is 19.3. The number of rotatable bonds is 7. The molecule has 0 unspecified atom stereocenters. The van der Waals surface area contributed by atoms with E-state index in [2.05, 4.69) is 33.0 Å². The lowest BCUT2D eigenvalue weighted by Crippen LogP contribution is -2.70. The highest BCUT2D eigenvalue weighted by atomic mass is 17.3. The summed E-state index contributed by atoms with van der Waals surface area (Å²) >= 11 is 0. The van der Waals surface area contributed by atoms with Gasteiger partial charge in [-0.2, -0.15) is 0 Å². The minimum absolute atomic E-state index is 0.128. The lowest BCUT2D eigenvalue weighted by molar-refractivity contribution is -0.571. The molecule has 11 aliphatic rings. The Hall–Kier alpha value is -0.850. The van der Waals surface area contributed by atoms with Crippen LogP contribution in [0.4, 0.5) is 0 Å². The van der Waals surface area contributed by atoms with Crippen molar-refractivity contribution in [1.82, 2.24) is 5.32 Å². The fraction of sp³-hybridized carbons (Fsp3) is 0.976. The smallest absolute Gasteiger partial charge is 0.223 e. The molecule has 11 fully saturated rings. The number of carbonyl (C=O) groups is 1. The maximum Gasteiger partial charge on any atom is 0.223 e. The van der Waals surface area contributed by atoms with Crippen LogP contribution >= 0.6 is 0 Å². The van der Waals surface area contributed by atoms with Crippen molar-refractivity contribution < 1.29 is 43.3 Å². The van der Waals surface area contributed by atoms with E-state index in [1.165, 1.54) is 32.1 Å². The van der Waals surface area contributed by atoms with Crippen LogP contribution in [-0.4, -0.2) is 60.0 Å². The van der Waals surface area contributed by atoms with Crippen molar-refractivity contribution in [2.75, 3.05) is 6.54 Å². The van der Waals surface area contributed by atoms with E-state index in [0.717, 1.165) is 57.9 Å². The van der Waals surface area contributed by atoms with Gasteiger partial charge >= 0.3 is 0 Å². The van der Waals surface area contributed by atoms with Gasteiger partial charge in [0.25, 0.3) is 0 Å². The van der Waals surface area contributed by atoms with Crippen LogP contribution in [0.15, 0.2) is 0 Å². The molecule has 0 aromatic heterocycles. The first-order chi connectivity index (χ1) is 24.4. The fourth-order valence-electron chi connectivity index (χ4n) is 13.1. The van der Waals surface area contributed by atoms with Crippen LogP contribution in [0.3, 0.4) is 0 Å². The van der Waals surface area contributed by atoms with Gasteiger partial charge in [-0.15, -0.1) is 0 Å². The second-order valence-electron chi connectivity index (χ2n) is 19.3. The van der Waals surface area contributed by atoms with Gasteiger partial charge in [0.15, 0.2) is 23.8 Å². The average molecular weight is 716 g/mol. The summed E-state index contributed by atoms with van der Waals surface area (Å²) in [5, 5.41) is 3.45. The Labute approximate surface area is 305 Å². The molecule has 0 radical (unpaired) electrons. The highest BCUT2D eigenvalue weighted by Gasteiger charge is 2.71. The minimum Gasteiger partial charge on any atom is -0.356 e. The zero-order chi connectivity index (χ0) is 35.3. The Bertz CT molecular complexity index is 1230. The summed E-state index contributed by atoms with van der Waals surface area (Å²) in [6, 6.07) is 0. The Morgan fingerprint density at radius 3 is 1.61 bits per heavy atom. The molecule has 2 spiro atoms. The Balaban J connectivity index is 0.991. The second kappa shape index (κ2) is 13.1. The largest absolute Gasteiger partial charge is 0.356 e. The number of carbonyl (C=O) groups excluding carboxylic acids is 1. The van der Waals surface area contributed by atoms with Gasteiger partial charge < -0.3 is 24.3 Å². The number of nitrogens with one attached hydrogen (secondary N) is 1. The standard InChI is InChI=1S/C41H65NO9/c1-23-12-14-31-25(3)33(44-36-40(31)29(23)16-18-38(5,46-36)48-50-40)20-28(35(43)42-22-27-10-8-7-9-11-27)21-34-26(4)32-15-13-24(2)30-17-19-39(6)47-37(45-34)41(30,32)51-49-39/h23-34,36-37H,7-22H2,1-6H3,(H,42,43)/t23-,24-,25-,26-,29+,30+,31+,32+,33-,34-,36-,37-,38+,39+,40-,41-/m1/s1. The molecule has 0 aromatic carbocycles.